The van der Waals surface area contributed by atoms with Crippen LogP contribution in [0, 0.1) is 0 Å². The maximum absolute atomic E-state index is 12.2. The fourth-order valence-corrected chi connectivity index (χ4v) is 2.56. The van der Waals surface area contributed by atoms with Gasteiger partial charge in [-0.25, -0.2) is 5.43 Å². The number of rotatable bonds is 9. The van der Waals surface area contributed by atoms with Crippen molar-refractivity contribution in [1.29, 1.82) is 0 Å². The molecule has 1 atom stereocenters. The van der Waals surface area contributed by atoms with Crippen LogP contribution in [0.25, 0.3) is 0 Å². The van der Waals surface area contributed by atoms with Crippen molar-refractivity contribution in [3.8, 4) is 17.2 Å². The molecule has 0 unspecified atom stereocenters. The van der Waals surface area contributed by atoms with Crippen LogP contribution in [0.4, 0.5) is 0 Å². The number of nitrogens with zero attached hydrogens (tertiary/aromatic N) is 1. The van der Waals surface area contributed by atoms with Crippen molar-refractivity contribution in [3.05, 3.63) is 90.0 Å². The molecule has 6 heteroatoms. The molecule has 1 amide bonds. The Balaban J connectivity index is 1.45. The Kier molecular flexibility index (Phi) is 7.44. The fraction of sp³-hybridized carbons (Fsp3) is 0.167. The summed E-state index contributed by atoms with van der Waals surface area (Å²) in [5, 5.41) is 3.96. The lowest BCUT2D eigenvalue weighted by Gasteiger charge is -2.13. The van der Waals surface area contributed by atoms with Crippen LogP contribution in [0.15, 0.2) is 84.0 Å². The SMILES string of the molecule is COc1ccc(/C=N/NC(=O)[C@@H](C)Oc2ccc(OCc3ccccc3)cc2)cc1. The normalized spacial score (nSPS) is 11.7. The van der Waals surface area contributed by atoms with E-state index in [9.17, 15) is 4.79 Å². The monoisotopic (exact) mass is 404 g/mol. The lowest BCUT2D eigenvalue weighted by molar-refractivity contribution is -0.127. The van der Waals surface area contributed by atoms with E-state index in [0.717, 1.165) is 22.6 Å². The maximum atomic E-state index is 12.2. The summed E-state index contributed by atoms with van der Waals surface area (Å²) < 4.78 is 16.5. The lowest BCUT2D eigenvalue weighted by atomic mass is 10.2. The number of hydrogen-bond acceptors (Lipinski definition) is 5. The van der Waals surface area contributed by atoms with Crippen molar-refractivity contribution in [2.24, 2.45) is 5.10 Å². The first kappa shape index (κ1) is 20.9. The van der Waals surface area contributed by atoms with Crippen molar-refractivity contribution < 1.29 is 19.0 Å². The summed E-state index contributed by atoms with van der Waals surface area (Å²) in [7, 11) is 1.61. The van der Waals surface area contributed by atoms with Crippen molar-refractivity contribution in [1.82, 2.24) is 5.43 Å². The molecule has 0 fully saturated rings. The van der Waals surface area contributed by atoms with Crippen molar-refractivity contribution in [2.45, 2.75) is 19.6 Å². The summed E-state index contributed by atoms with van der Waals surface area (Å²) in [6, 6.07) is 24.4. The molecule has 3 aromatic rings. The van der Waals surface area contributed by atoms with Crippen LogP contribution in [0.1, 0.15) is 18.1 Å². The molecule has 3 rings (SSSR count). The number of carbonyl (C=O) groups excluding carboxylic acids is 1. The number of benzene rings is 3. The van der Waals surface area contributed by atoms with E-state index in [0.29, 0.717) is 12.4 Å². The number of ether oxygens (including phenoxy) is 3. The van der Waals surface area contributed by atoms with Gasteiger partial charge in [-0.3, -0.25) is 4.79 Å². The summed E-state index contributed by atoms with van der Waals surface area (Å²) in [4.78, 5) is 12.2. The van der Waals surface area contributed by atoms with Crippen LogP contribution in [-0.2, 0) is 11.4 Å². The second-order valence-corrected chi connectivity index (χ2v) is 6.51. The third kappa shape index (κ3) is 6.38. The minimum Gasteiger partial charge on any atom is -0.497 e. The van der Waals surface area contributed by atoms with Gasteiger partial charge in [0, 0.05) is 0 Å². The molecule has 0 spiro atoms. The molecule has 0 heterocycles. The zero-order valence-electron chi connectivity index (χ0n) is 16.9. The molecule has 0 bridgehead atoms. The number of nitrogens with one attached hydrogen (secondary N) is 1. The molecule has 3 aromatic carbocycles. The van der Waals surface area contributed by atoms with E-state index in [1.165, 1.54) is 0 Å². The number of hydrogen-bond donors (Lipinski definition) is 1. The summed E-state index contributed by atoms with van der Waals surface area (Å²) in [5.74, 6) is 1.72. The Labute approximate surface area is 176 Å². The molecule has 0 radical (unpaired) electrons. The molecule has 0 saturated carbocycles. The van der Waals surface area contributed by atoms with E-state index < -0.39 is 6.10 Å². The van der Waals surface area contributed by atoms with Crippen LogP contribution in [0.2, 0.25) is 0 Å². The third-order valence-electron chi connectivity index (χ3n) is 4.26. The Morgan fingerprint density at radius 2 is 1.57 bits per heavy atom. The Hall–Kier alpha value is -3.80. The Morgan fingerprint density at radius 1 is 0.933 bits per heavy atom. The molecule has 0 saturated heterocycles. The van der Waals surface area contributed by atoms with Gasteiger partial charge < -0.3 is 14.2 Å². The Bertz CT molecular complexity index is 955. The smallest absolute Gasteiger partial charge is 0.280 e. The highest BCUT2D eigenvalue weighted by Crippen LogP contribution is 2.19. The minimum atomic E-state index is -0.700. The van der Waals surface area contributed by atoms with Crippen LogP contribution < -0.4 is 19.6 Å². The molecular formula is C24H24N2O4. The average molecular weight is 404 g/mol. The van der Waals surface area contributed by atoms with Crippen LogP contribution in [-0.4, -0.2) is 25.3 Å². The number of amides is 1. The standard InChI is InChI=1S/C24H24N2O4/c1-18(24(27)26-25-16-19-8-10-21(28-2)11-9-19)30-23-14-12-22(13-15-23)29-17-20-6-4-3-5-7-20/h3-16,18H,17H2,1-2H3,(H,26,27)/b25-16+/t18-/m1/s1. The van der Waals surface area contributed by atoms with Crippen molar-refractivity contribution >= 4 is 12.1 Å². The fourth-order valence-electron chi connectivity index (χ4n) is 2.56. The molecule has 154 valence electrons. The molecule has 0 aliphatic carbocycles. The van der Waals surface area contributed by atoms with Gasteiger partial charge in [-0.1, -0.05) is 30.3 Å². The van der Waals surface area contributed by atoms with E-state index in [-0.39, 0.29) is 5.91 Å². The van der Waals surface area contributed by atoms with Gasteiger partial charge in [0.15, 0.2) is 6.10 Å². The van der Waals surface area contributed by atoms with Crippen molar-refractivity contribution in [2.75, 3.05) is 7.11 Å². The summed E-state index contributed by atoms with van der Waals surface area (Å²) >= 11 is 0. The molecule has 6 nitrogen and oxygen atoms in total. The second kappa shape index (κ2) is 10.7. The maximum Gasteiger partial charge on any atom is 0.280 e. The van der Waals surface area contributed by atoms with E-state index >= 15 is 0 Å². The first-order chi connectivity index (χ1) is 14.6. The number of methoxy groups -OCH3 is 1. The predicted octanol–water partition coefficient (Wildman–Crippen LogP) is 4.19. The number of carbonyl (C=O) groups is 1. The van der Waals surface area contributed by atoms with Gasteiger partial charge >= 0.3 is 0 Å². The average Bonchev–Trinajstić information content (AvgIpc) is 2.79. The topological polar surface area (TPSA) is 69.2 Å². The van der Waals surface area contributed by atoms with Gasteiger partial charge in [0.1, 0.15) is 23.9 Å². The molecule has 0 aromatic heterocycles. The largest absolute Gasteiger partial charge is 0.497 e. The van der Waals surface area contributed by atoms with Gasteiger partial charge in [-0.15, -0.1) is 0 Å². The first-order valence-corrected chi connectivity index (χ1v) is 9.54. The van der Waals surface area contributed by atoms with E-state index in [4.69, 9.17) is 14.2 Å². The third-order valence-corrected chi connectivity index (χ3v) is 4.26. The zero-order chi connectivity index (χ0) is 21.2. The van der Waals surface area contributed by atoms with Gasteiger partial charge in [0.25, 0.3) is 5.91 Å². The Morgan fingerprint density at radius 3 is 2.23 bits per heavy atom. The molecular weight excluding hydrogens is 380 g/mol. The van der Waals surface area contributed by atoms with Crippen molar-refractivity contribution in [3.63, 3.8) is 0 Å². The van der Waals surface area contributed by atoms with Crippen LogP contribution >= 0.6 is 0 Å². The van der Waals surface area contributed by atoms with E-state index in [2.05, 4.69) is 10.5 Å². The molecule has 0 aliphatic rings. The first-order valence-electron chi connectivity index (χ1n) is 9.54. The van der Waals surface area contributed by atoms with Gasteiger partial charge in [-0.05, 0) is 66.6 Å². The summed E-state index contributed by atoms with van der Waals surface area (Å²) in [6.45, 7) is 2.16. The quantitative estimate of drug-likeness (QED) is 0.429. The van der Waals surface area contributed by atoms with Crippen LogP contribution in [0.3, 0.4) is 0 Å². The predicted molar refractivity (Wildman–Crippen MR) is 116 cm³/mol. The molecule has 0 aliphatic heterocycles. The van der Waals surface area contributed by atoms with Gasteiger partial charge in [0.2, 0.25) is 0 Å². The number of hydrazone groups is 1. The molecule has 30 heavy (non-hydrogen) atoms. The van der Waals surface area contributed by atoms with E-state index in [1.807, 2.05) is 66.7 Å². The highest BCUT2D eigenvalue weighted by atomic mass is 16.5. The van der Waals surface area contributed by atoms with E-state index in [1.54, 1.807) is 32.4 Å². The van der Waals surface area contributed by atoms with Crippen LogP contribution in [0.5, 0.6) is 17.2 Å². The zero-order valence-corrected chi connectivity index (χ0v) is 16.9. The highest BCUT2D eigenvalue weighted by molar-refractivity contribution is 5.84. The lowest BCUT2D eigenvalue weighted by Crippen LogP contribution is -2.33. The minimum absolute atomic E-state index is 0.343. The van der Waals surface area contributed by atoms with Gasteiger partial charge in [-0.2, -0.15) is 5.10 Å². The van der Waals surface area contributed by atoms with Gasteiger partial charge in [0.05, 0.1) is 13.3 Å². The highest BCUT2D eigenvalue weighted by Gasteiger charge is 2.13. The summed E-state index contributed by atoms with van der Waals surface area (Å²) in [6.07, 6.45) is 0.859. The second-order valence-electron chi connectivity index (χ2n) is 6.51. The summed E-state index contributed by atoms with van der Waals surface area (Å²) in [5.41, 5.74) is 4.42. The molecule has 1 N–H and O–H groups in total.